The van der Waals surface area contributed by atoms with Crippen LogP contribution in [0.3, 0.4) is 0 Å². The molecule has 1 N–H and O–H groups in total. The van der Waals surface area contributed by atoms with Gasteiger partial charge in [0.1, 0.15) is 0 Å². The molecular formula is C12H9Br2ClOS. The fourth-order valence-corrected chi connectivity index (χ4v) is 3.67. The van der Waals surface area contributed by atoms with Crippen molar-refractivity contribution in [3.05, 3.63) is 54.1 Å². The fraction of sp³-hybridized carbons (Fsp3) is 0.167. The minimum Gasteiger partial charge on any atom is -0.387 e. The Balaban J connectivity index is 2.11. The molecular weight excluding hydrogens is 387 g/mol. The van der Waals surface area contributed by atoms with E-state index >= 15 is 0 Å². The molecule has 0 saturated carbocycles. The molecule has 0 radical (unpaired) electrons. The quantitative estimate of drug-likeness (QED) is 0.756. The lowest BCUT2D eigenvalue weighted by Gasteiger charge is -2.08. The van der Waals surface area contributed by atoms with Crippen LogP contribution >= 0.6 is 54.8 Å². The standard InChI is InChI=1S/C12H9Br2ClOS/c13-9-6-11(17-12(9)14)10(16)5-7-1-3-8(15)4-2-7/h1-4,6,10,16H,5H2. The van der Waals surface area contributed by atoms with E-state index in [4.69, 9.17) is 11.6 Å². The summed E-state index contributed by atoms with van der Waals surface area (Å²) in [5.74, 6) is 0. The number of thiophene rings is 1. The third-order valence-corrected chi connectivity index (χ3v) is 5.94. The van der Waals surface area contributed by atoms with E-state index in [1.165, 1.54) is 11.3 Å². The van der Waals surface area contributed by atoms with Gasteiger partial charge in [0.15, 0.2) is 0 Å². The minimum absolute atomic E-state index is 0.483. The van der Waals surface area contributed by atoms with Gasteiger partial charge < -0.3 is 5.11 Å². The summed E-state index contributed by atoms with van der Waals surface area (Å²) in [6.45, 7) is 0. The molecule has 17 heavy (non-hydrogen) atoms. The predicted octanol–water partition coefficient (Wildman–Crippen LogP) is 5.20. The zero-order valence-electron chi connectivity index (χ0n) is 8.66. The predicted molar refractivity (Wildman–Crippen MR) is 79.8 cm³/mol. The van der Waals surface area contributed by atoms with E-state index in [1.807, 2.05) is 30.3 Å². The SMILES string of the molecule is OC(Cc1ccc(Cl)cc1)c1cc(Br)c(Br)s1. The van der Waals surface area contributed by atoms with Crippen molar-refractivity contribution in [1.29, 1.82) is 0 Å². The van der Waals surface area contributed by atoms with Gasteiger partial charge in [-0.2, -0.15) is 0 Å². The first-order chi connectivity index (χ1) is 8.06. The summed E-state index contributed by atoms with van der Waals surface area (Å²) in [7, 11) is 0. The summed E-state index contributed by atoms with van der Waals surface area (Å²) < 4.78 is 1.98. The lowest BCUT2D eigenvalue weighted by atomic mass is 10.1. The second-order valence-electron chi connectivity index (χ2n) is 3.62. The van der Waals surface area contributed by atoms with Crippen molar-refractivity contribution in [2.24, 2.45) is 0 Å². The Bertz CT molecular complexity index is 490. The third kappa shape index (κ3) is 3.55. The molecule has 0 saturated heterocycles. The van der Waals surface area contributed by atoms with Crippen molar-refractivity contribution in [3.8, 4) is 0 Å². The molecule has 1 nitrogen and oxygen atoms in total. The van der Waals surface area contributed by atoms with E-state index in [9.17, 15) is 5.11 Å². The largest absolute Gasteiger partial charge is 0.387 e. The summed E-state index contributed by atoms with van der Waals surface area (Å²) in [5.41, 5.74) is 1.07. The van der Waals surface area contributed by atoms with E-state index in [0.717, 1.165) is 18.7 Å². The average Bonchev–Trinajstić information content (AvgIpc) is 2.63. The van der Waals surface area contributed by atoms with Gasteiger partial charge in [0, 0.05) is 20.8 Å². The Morgan fingerprint density at radius 1 is 1.24 bits per heavy atom. The molecule has 1 unspecified atom stereocenters. The van der Waals surface area contributed by atoms with E-state index in [0.29, 0.717) is 11.4 Å². The van der Waals surface area contributed by atoms with Gasteiger partial charge >= 0.3 is 0 Å². The molecule has 2 rings (SSSR count). The van der Waals surface area contributed by atoms with E-state index in [-0.39, 0.29) is 0 Å². The number of hydrogen-bond donors (Lipinski definition) is 1. The fourth-order valence-electron chi connectivity index (χ4n) is 1.47. The van der Waals surface area contributed by atoms with Crippen molar-refractivity contribution < 1.29 is 5.11 Å². The molecule has 2 aromatic rings. The van der Waals surface area contributed by atoms with Crippen LogP contribution in [0.25, 0.3) is 0 Å². The molecule has 0 fully saturated rings. The molecule has 5 heteroatoms. The number of aliphatic hydroxyl groups excluding tert-OH is 1. The van der Waals surface area contributed by atoms with Crippen LogP contribution < -0.4 is 0 Å². The average molecular weight is 397 g/mol. The van der Waals surface area contributed by atoms with Crippen molar-refractivity contribution in [1.82, 2.24) is 0 Å². The molecule has 0 aliphatic heterocycles. The van der Waals surface area contributed by atoms with Gasteiger partial charge in [0.25, 0.3) is 0 Å². The van der Waals surface area contributed by atoms with Crippen molar-refractivity contribution >= 4 is 54.8 Å². The molecule has 90 valence electrons. The molecule has 1 aromatic heterocycles. The van der Waals surface area contributed by atoms with E-state index in [2.05, 4.69) is 31.9 Å². The Labute approximate surface area is 126 Å². The van der Waals surface area contributed by atoms with E-state index < -0.39 is 6.10 Å². The molecule has 0 amide bonds. The lowest BCUT2D eigenvalue weighted by Crippen LogP contribution is -1.99. The number of aliphatic hydroxyl groups is 1. The highest BCUT2D eigenvalue weighted by atomic mass is 79.9. The van der Waals surface area contributed by atoms with Gasteiger partial charge in [-0.25, -0.2) is 0 Å². The van der Waals surface area contributed by atoms with Gasteiger partial charge in [-0.1, -0.05) is 23.7 Å². The summed E-state index contributed by atoms with van der Waals surface area (Å²) >= 11 is 14.2. The van der Waals surface area contributed by atoms with Crippen LogP contribution in [0, 0.1) is 0 Å². The molecule has 1 atom stereocenters. The van der Waals surface area contributed by atoms with Gasteiger partial charge in [-0.05, 0) is 55.6 Å². The topological polar surface area (TPSA) is 20.2 Å². The Morgan fingerprint density at radius 3 is 2.41 bits per heavy atom. The highest BCUT2D eigenvalue weighted by Crippen LogP contribution is 2.36. The minimum atomic E-state index is -0.483. The first-order valence-electron chi connectivity index (χ1n) is 4.93. The van der Waals surface area contributed by atoms with Gasteiger partial charge in [0.05, 0.1) is 9.89 Å². The van der Waals surface area contributed by atoms with Gasteiger partial charge in [0.2, 0.25) is 0 Å². The van der Waals surface area contributed by atoms with Gasteiger partial charge in [-0.3, -0.25) is 0 Å². The molecule has 1 aromatic carbocycles. The van der Waals surface area contributed by atoms with Crippen molar-refractivity contribution in [2.75, 3.05) is 0 Å². The number of rotatable bonds is 3. The van der Waals surface area contributed by atoms with E-state index in [1.54, 1.807) is 0 Å². The summed E-state index contributed by atoms with van der Waals surface area (Å²) in [5, 5.41) is 10.8. The summed E-state index contributed by atoms with van der Waals surface area (Å²) in [4.78, 5) is 0.943. The van der Waals surface area contributed by atoms with Crippen molar-refractivity contribution in [3.63, 3.8) is 0 Å². The third-order valence-electron chi connectivity index (χ3n) is 2.33. The Hall–Kier alpha value is 0.130. The smallest absolute Gasteiger partial charge is 0.0922 e. The first-order valence-corrected chi connectivity index (χ1v) is 7.71. The highest BCUT2D eigenvalue weighted by molar-refractivity contribution is 9.13. The zero-order chi connectivity index (χ0) is 12.4. The Kier molecular flexibility index (Phi) is 4.66. The number of halogens is 3. The normalized spacial score (nSPS) is 12.7. The summed E-state index contributed by atoms with van der Waals surface area (Å²) in [6, 6.07) is 9.48. The monoisotopic (exact) mass is 394 g/mol. The maximum absolute atomic E-state index is 10.1. The maximum Gasteiger partial charge on any atom is 0.0922 e. The van der Waals surface area contributed by atoms with Crippen LogP contribution in [-0.2, 0) is 6.42 Å². The highest BCUT2D eigenvalue weighted by Gasteiger charge is 2.13. The van der Waals surface area contributed by atoms with Crippen LogP contribution in [0.15, 0.2) is 38.6 Å². The molecule has 0 bridgehead atoms. The van der Waals surface area contributed by atoms with Crippen LogP contribution in [0.4, 0.5) is 0 Å². The number of hydrogen-bond acceptors (Lipinski definition) is 2. The second kappa shape index (κ2) is 5.85. The maximum atomic E-state index is 10.1. The molecule has 1 heterocycles. The zero-order valence-corrected chi connectivity index (χ0v) is 13.4. The molecule has 0 aliphatic rings. The molecule has 0 aliphatic carbocycles. The van der Waals surface area contributed by atoms with Crippen molar-refractivity contribution in [2.45, 2.75) is 12.5 Å². The van der Waals surface area contributed by atoms with Gasteiger partial charge in [-0.15, -0.1) is 11.3 Å². The number of benzene rings is 1. The molecule has 0 spiro atoms. The first kappa shape index (κ1) is 13.6. The van der Waals surface area contributed by atoms with Crippen LogP contribution in [0.1, 0.15) is 16.5 Å². The Morgan fingerprint density at radius 2 is 1.88 bits per heavy atom. The summed E-state index contributed by atoms with van der Waals surface area (Å²) in [6.07, 6.45) is 0.111. The van der Waals surface area contributed by atoms with Crippen LogP contribution in [0.5, 0.6) is 0 Å². The van der Waals surface area contributed by atoms with Crippen LogP contribution in [-0.4, -0.2) is 5.11 Å². The van der Waals surface area contributed by atoms with Crippen LogP contribution in [0.2, 0.25) is 5.02 Å². The lowest BCUT2D eigenvalue weighted by molar-refractivity contribution is 0.182. The second-order valence-corrected chi connectivity index (χ2v) is 7.31.